The molecule has 3 aromatic rings. The molecule has 1 aliphatic heterocycles. The van der Waals surface area contributed by atoms with Gasteiger partial charge in [0.15, 0.2) is 5.79 Å². The Labute approximate surface area is 173 Å². The van der Waals surface area contributed by atoms with Gasteiger partial charge in [0.25, 0.3) is 0 Å². The number of nitrogens with zero attached hydrogens (tertiary/aromatic N) is 3. The summed E-state index contributed by atoms with van der Waals surface area (Å²) >= 11 is 12.5. The predicted molar refractivity (Wildman–Crippen MR) is 106 cm³/mol. The summed E-state index contributed by atoms with van der Waals surface area (Å²) in [6.45, 7) is 3.06. The number of aromatic nitrogens is 3. The fourth-order valence-corrected chi connectivity index (χ4v) is 3.61. The van der Waals surface area contributed by atoms with Crippen LogP contribution in [0.3, 0.4) is 0 Å². The number of halogens is 2. The van der Waals surface area contributed by atoms with Crippen molar-refractivity contribution in [1.82, 2.24) is 14.8 Å². The first-order valence-corrected chi connectivity index (χ1v) is 9.67. The Kier molecular flexibility index (Phi) is 5.55. The van der Waals surface area contributed by atoms with Gasteiger partial charge in [-0.15, -0.1) is 0 Å². The topological polar surface area (TPSA) is 58.4 Å². The highest BCUT2D eigenvalue weighted by molar-refractivity contribution is 6.31. The van der Waals surface area contributed by atoms with Crippen LogP contribution in [-0.4, -0.2) is 27.5 Å². The number of hydrogen-bond acceptors (Lipinski definition) is 5. The van der Waals surface area contributed by atoms with Gasteiger partial charge < -0.3 is 14.2 Å². The van der Waals surface area contributed by atoms with Crippen LogP contribution in [0.25, 0.3) is 0 Å². The summed E-state index contributed by atoms with van der Waals surface area (Å²) in [5, 5.41) is 5.31. The molecule has 6 nitrogen and oxygen atoms in total. The van der Waals surface area contributed by atoms with Gasteiger partial charge in [-0.05, 0) is 49.4 Å². The monoisotopic (exact) mass is 419 g/mol. The van der Waals surface area contributed by atoms with E-state index in [0.29, 0.717) is 41.1 Å². The molecule has 1 fully saturated rings. The summed E-state index contributed by atoms with van der Waals surface area (Å²) in [7, 11) is 0. The second-order valence-electron chi connectivity index (χ2n) is 6.60. The molecule has 2 unspecified atom stereocenters. The third-order valence-electron chi connectivity index (χ3n) is 4.48. The zero-order valence-electron chi connectivity index (χ0n) is 15.2. The lowest BCUT2D eigenvalue weighted by Gasteiger charge is -2.29. The number of hydrogen-bond donors (Lipinski definition) is 0. The molecule has 0 amide bonds. The van der Waals surface area contributed by atoms with Gasteiger partial charge in [-0.2, -0.15) is 5.10 Å². The number of rotatable bonds is 6. The second-order valence-corrected chi connectivity index (χ2v) is 7.44. The van der Waals surface area contributed by atoms with Crippen LogP contribution in [0.1, 0.15) is 18.9 Å². The van der Waals surface area contributed by atoms with Crippen molar-refractivity contribution in [3.63, 3.8) is 0 Å². The van der Waals surface area contributed by atoms with Gasteiger partial charge in [-0.3, -0.25) is 4.68 Å². The van der Waals surface area contributed by atoms with Crippen molar-refractivity contribution in [3.05, 3.63) is 70.7 Å². The molecular formula is C20H19Cl2N3O3. The summed E-state index contributed by atoms with van der Waals surface area (Å²) in [5.74, 6) is 0.367. The van der Waals surface area contributed by atoms with Gasteiger partial charge in [0.2, 0.25) is 0 Å². The highest BCUT2D eigenvalue weighted by Gasteiger charge is 2.43. The zero-order chi connectivity index (χ0) is 19.6. The number of benzene rings is 2. The lowest BCUT2D eigenvalue weighted by Crippen LogP contribution is -2.30. The lowest BCUT2D eigenvalue weighted by molar-refractivity contribution is -0.182. The van der Waals surface area contributed by atoms with Crippen molar-refractivity contribution in [2.75, 3.05) is 6.61 Å². The third kappa shape index (κ3) is 4.15. The molecule has 0 bridgehead atoms. The van der Waals surface area contributed by atoms with Crippen molar-refractivity contribution >= 4 is 23.2 Å². The lowest BCUT2D eigenvalue weighted by atomic mass is 10.0. The summed E-state index contributed by atoms with van der Waals surface area (Å²) < 4.78 is 19.8. The summed E-state index contributed by atoms with van der Waals surface area (Å²) in [6.07, 6.45) is 3.69. The van der Waals surface area contributed by atoms with Crippen LogP contribution < -0.4 is 4.74 Å². The molecular weight excluding hydrogens is 401 g/mol. The van der Waals surface area contributed by atoms with Crippen LogP contribution in [0.4, 0.5) is 0 Å². The molecule has 2 heterocycles. The standard InChI is InChI=1S/C20H19Cl2N3O3/c1-14-11-26-20(28-14,8-9-25-13-23-12-24-25)18-7-6-17(10-19(18)22)27-16-4-2-15(21)3-5-16/h2-7,10,12-14H,8-9,11H2,1H3. The minimum absolute atomic E-state index is 0.0307. The Morgan fingerprint density at radius 3 is 2.61 bits per heavy atom. The normalized spacial score (nSPS) is 21.8. The van der Waals surface area contributed by atoms with E-state index < -0.39 is 5.79 Å². The maximum Gasteiger partial charge on any atom is 0.198 e. The molecule has 8 heteroatoms. The SMILES string of the molecule is CC1COC(CCn2cncn2)(c2ccc(Oc3ccc(Cl)cc3)cc2Cl)O1. The van der Waals surface area contributed by atoms with Gasteiger partial charge in [0.05, 0.1) is 17.7 Å². The first-order valence-electron chi connectivity index (χ1n) is 8.92. The van der Waals surface area contributed by atoms with E-state index in [2.05, 4.69) is 10.1 Å². The Morgan fingerprint density at radius 1 is 1.18 bits per heavy atom. The van der Waals surface area contributed by atoms with Crippen molar-refractivity contribution in [3.8, 4) is 11.5 Å². The van der Waals surface area contributed by atoms with Gasteiger partial charge in [0, 0.05) is 23.6 Å². The number of aryl methyl sites for hydroxylation is 1. The van der Waals surface area contributed by atoms with Crippen molar-refractivity contribution in [2.24, 2.45) is 0 Å². The van der Waals surface area contributed by atoms with Gasteiger partial charge >= 0.3 is 0 Å². The van der Waals surface area contributed by atoms with Crippen LogP contribution in [0.2, 0.25) is 10.0 Å². The Balaban J connectivity index is 1.57. The third-order valence-corrected chi connectivity index (χ3v) is 5.04. The molecule has 0 aliphatic carbocycles. The predicted octanol–water partition coefficient (Wildman–Crippen LogP) is 5.06. The maximum absolute atomic E-state index is 6.60. The molecule has 0 saturated carbocycles. The minimum Gasteiger partial charge on any atom is -0.457 e. The van der Waals surface area contributed by atoms with E-state index in [1.54, 1.807) is 41.3 Å². The fourth-order valence-electron chi connectivity index (χ4n) is 3.17. The molecule has 0 radical (unpaired) electrons. The fraction of sp³-hybridized carbons (Fsp3) is 0.300. The van der Waals surface area contributed by atoms with Crippen LogP contribution in [-0.2, 0) is 21.8 Å². The van der Waals surface area contributed by atoms with Crippen LogP contribution >= 0.6 is 23.2 Å². The van der Waals surface area contributed by atoms with Gasteiger partial charge in [-0.25, -0.2) is 4.98 Å². The highest BCUT2D eigenvalue weighted by atomic mass is 35.5. The quantitative estimate of drug-likeness (QED) is 0.558. The Bertz CT molecular complexity index is 934. The average molecular weight is 420 g/mol. The molecule has 2 aromatic carbocycles. The van der Waals surface area contributed by atoms with Gasteiger partial charge in [0.1, 0.15) is 24.2 Å². The van der Waals surface area contributed by atoms with Crippen LogP contribution in [0, 0.1) is 0 Å². The molecule has 4 rings (SSSR count). The first kappa shape index (κ1) is 19.2. The second kappa shape index (κ2) is 8.09. The number of ether oxygens (including phenoxy) is 3. The van der Waals surface area contributed by atoms with E-state index in [9.17, 15) is 0 Å². The molecule has 28 heavy (non-hydrogen) atoms. The molecule has 1 aliphatic rings. The van der Waals surface area contributed by atoms with E-state index in [1.807, 2.05) is 19.1 Å². The maximum atomic E-state index is 6.60. The Morgan fingerprint density at radius 2 is 1.96 bits per heavy atom. The van der Waals surface area contributed by atoms with Gasteiger partial charge in [-0.1, -0.05) is 23.2 Å². The van der Waals surface area contributed by atoms with E-state index in [0.717, 1.165) is 5.56 Å². The smallest absolute Gasteiger partial charge is 0.198 e. The summed E-state index contributed by atoms with van der Waals surface area (Å²) in [5.41, 5.74) is 0.766. The van der Waals surface area contributed by atoms with Crippen molar-refractivity contribution in [1.29, 1.82) is 0 Å². The highest BCUT2D eigenvalue weighted by Crippen LogP contribution is 2.42. The minimum atomic E-state index is -0.929. The Hall–Kier alpha value is -2.12. The van der Waals surface area contributed by atoms with Crippen molar-refractivity contribution < 1.29 is 14.2 Å². The summed E-state index contributed by atoms with van der Waals surface area (Å²) in [4.78, 5) is 3.97. The largest absolute Gasteiger partial charge is 0.457 e. The summed E-state index contributed by atoms with van der Waals surface area (Å²) in [6, 6.07) is 12.6. The molecule has 0 spiro atoms. The van der Waals surface area contributed by atoms with E-state index in [1.165, 1.54) is 6.33 Å². The van der Waals surface area contributed by atoms with Crippen molar-refractivity contribution in [2.45, 2.75) is 31.8 Å². The average Bonchev–Trinajstić information content (AvgIpc) is 3.32. The first-order chi connectivity index (χ1) is 13.5. The molecule has 1 saturated heterocycles. The van der Waals surface area contributed by atoms with Crippen LogP contribution in [0.15, 0.2) is 55.1 Å². The van der Waals surface area contributed by atoms with E-state index in [4.69, 9.17) is 37.4 Å². The molecule has 146 valence electrons. The zero-order valence-corrected chi connectivity index (χ0v) is 16.7. The molecule has 0 N–H and O–H groups in total. The van der Waals surface area contributed by atoms with Crippen LogP contribution in [0.5, 0.6) is 11.5 Å². The molecule has 2 atom stereocenters. The van der Waals surface area contributed by atoms with E-state index >= 15 is 0 Å². The van der Waals surface area contributed by atoms with E-state index in [-0.39, 0.29) is 6.10 Å². The molecule has 1 aromatic heterocycles.